The van der Waals surface area contributed by atoms with Gasteiger partial charge in [-0.2, -0.15) is 0 Å². The second-order valence-corrected chi connectivity index (χ2v) is 8.47. The van der Waals surface area contributed by atoms with E-state index >= 15 is 0 Å². The first kappa shape index (κ1) is 22.8. The molecule has 0 radical (unpaired) electrons. The minimum atomic E-state index is -1.01. The minimum absolute atomic E-state index is 0.0142. The van der Waals surface area contributed by atoms with E-state index in [0.29, 0.717) is 31.2 Å². The molecule has 0 bridgehead atoms. The Kier molecular flexibility index (Phi) is 7.67. The van der Waals surface area contributed by atoms with Crippen molar-refractivity contribution < 1.29 is 24.2 Å². The lowest BCUT2D eigenvalue weighted by Crippen LogP contribution is -2.30. The third-order valence-corrected chi connectivity index (χ3v) is 5.74. The summed E-state index contributed by atoms with van der Waals surface area (Å²) in [6.45, 7) is -0.215. The van der Waals surface area contributed by atoms with E-state index in [0.717, 1.165) is 11.8 Å². The number of carboxylic acid groups (broad SMARTS) is 1. The molecule has 0 unspecified atom stereocenters. The van der Waals surface area contributed by atoms with Crippen LogP contribution >= 0.6 is 35.6 Å². The molecule has 1 aliphatic rings. The fourth-order valence-corrected chi connectivity index (χ4v) is 4.07. The van der Waals surface area contributed by atoms with Crippen LogP contribution in [0.4, 0.5) is 5.69 Å². The molecular weight excluding hydrogens is 460 g/mol. The van der Waals surface area contributed by atoms with Crippen LogP contribution in [-0.2, 0) is 14.4 Å². The van der Waals surface area contributed by atoms with E-state index in [1.807, 2.05) is 0 Å². The summed E-state index contributed by atoms with van der Waals surface area (Å²) in [6, 6.07) is 13.7. The van der Waals surface area contributed by atoms with Crippen LogP contribution in [0.2, 0.25) is 5.02 Å². The van der Waals surface area contributed by atoms with Gasteiger partial charge in [-0.05, 0) is 36.4 Å². The van der Waals surface area contributed by atoms with Crippen molar-refractivity contribution in [2.24, 2.45) is 0 Å². The summed E-state index contributed by atoms with van der Waals surface area (Å²) in [5.41, 5.74) is 1.19. The highest BCUT2D eigenvalue weighted by Crippen LogP contribution is 2.34. The molecule has 1 aliphatic heterocycles. The highest BCUT2D eigenvalue weighted by molar-refractivity contribution is 8.26. The highest BCUT2D eigenvalue weighted by Gasteiger charge is 2.32. The van der Waals surface area contributed by atoms with Gasteiger partial charge in [-0.25, -0.2) is 0 Å². The number of thiocarbonyl (C=S) groups is 1. The number of carboxylic acids is 1. The van der Waals surface area contributed by atoms with E-state index in [1.165, 1.54) is 4.90 Å². The number of amides is 2. The molecule has 2 aromatic carbocycles. The molecule has 3 rings (SSSR count). The average Bonchev–Trinajstić information content (AvgIpc) is 3.00. The van der Waals surface area contributed by atoms with Crippen molar-refractivity contribution in [1.29, 1.82) is 0 Å². The number of para-hydroxylation sites is 1. The maximum atomic E-state index is 12.6. The van der Waals surface area contributed by atoms with Crippen LogP contribution in [0.3, 0.4) is 0 Å². The molecule has 0 saturated carbocycles. The van der Waals surface area contributed by atoms with Gasteiger partial charge in [0.05, 0.1) is 11.3 Å². The van der Waals surface area contributed by atoms with Gasteiger partial charge in [-0.15, -0.1) is 0 Å². The van der Waals surface area contributed by atoms with Crippen molar-refractivity contribution in [2.75, 3.05) is 18.5 Å². The van der Waals surface area contributed by atoms with Crippen molar-refractivity contribution in [3.8, 4) is 5.75 Å². The fourth-order valence-electron chi connectivity index (χ4n) is 2.65. The second-order valence-electron chi connectivity index (χ2n) is 6.36. The van der Waals surface area contributed by atoms with E-state index in [2.05, 4.69) is 5.32 Å². The van der Waals surface area contributed by atoms with Crippen LogP contribution in [0.1, 0.15) is 12.0 Å². The number of halogens is 1. The Hall–Kier alpha value is -2.88. The number of nitrogens with one attached hydrogen (secondary N) is 1. The first-order valence-electron chi connectivity index (χ1n) is 9.08. The van der Waals surface area contributed by atoms with Gasteiger partial charge in [0.25, 0.3) is 11.8 Å². The SMILES string of the molecule is O=C(O)CCN1C(=O)/C(=C/c2ccccc2OCC(=O)Nc2ccc(Cl)cc2)SC1=S. The third kappa shape index (κ3) is 6.30. The molecule has 2 amide bonds. The van der Waals surface area contributed by atoms with Gasteiger partial charge in [-0.1, -0.05) is 53.8 Å². The van der Waals surface area contributed by atoms with E-state index in [9.17, 15) is 14.4 Å². The summed E-state index contributed by atoms with van der Waals surface area (Å²) in [5.74, 6) is -1.29. The van der Waals surface area contributed by atoms with Gasteiger partial charge in [0, 0.05) is 22.8 Å². The Bertz CT molecular complexity index is 1060. The molecule has 0 atom stereocenters. The monoisotopic (exact) mass is 476 g/mol. The number of carbonyl (C=O) groups is 3. The number of aliphatic carboxylic acids is 1. The number of nitrogens with zero attached hydrogens (tertiary/aromatic N) is 1. The Labute approximate surface area is 193 Å². The summed E-state index contributed by atoms with van der Waals surface area (Å²) in [6.07, 6.45) is 1.43. The standard InChI is InChI=1S/C21H17ClN2O5S2/c22-14-5-7-15(8-6-14)23-18(25)12-29-16-4-2-1-3-13(16)11-17-20(28)24(21(30)31-17)10-9-19(26)27/h1-8,11H,9-10,12H2,(H,23,25)(H,26,27)/b17-11-. The predicted molar refractivity (Wildman–Crippen MR) is 124 cm³/mol. The zero-order valence-corrected chi connectivity index (χ0v) is 18.4. The number of thioether (sulfide) groups is 1. The van der Waals surface area contributed by atoms with E-state index in [-0.39, 0.29) is 31.4 Å². The minimum Gasteiger partial charge on any atom is -0.483 e. The van der Waals surface area contributed by atoms with E-state index in [4.69, 9.17) is 33.7 Å². The lowest BCUT2D eigenvalue weighted by molar-refractivity contribution is -0.137. The topological polar surface area (TPSA) is 95.9 Å². The molecule has 10 heteroatoms. The largest absolute Gasteiger partial charge is 0.483 e. The molecule has 160 valence electrons. The summed E-state index contributed by atoms with van der Waals surface area (Å²) < 4.78 is 5.95. The summed E-state index contributed by atoms with van der Waals surface area (Å²) in [5, 5.41) is 12.1. The first-order valence-corrected chi connectivity index (χ1v) is 10.7. The number of ether oxygens (including phenoxy) is 1. The lowest BCUT2D eigenvalue weighted by atomic mass is 10.2. The normalized spacial score (nSPS) is 14.7. The maximum Gasteiger partial charge on any atom is 0.305 e. The number of benzene rings is 2. The van der Waals surface area contributed by atoms with Gasteiger partial charge >= 0.3 is 5.97 Å². The van der Waals surface area contributed by atoms with Gasteiger partial charge in [0.2, 0.25) is 0 Å². The molecule has 0 spiro atoms. The summed E-state index contributed by atoms with van der Waals surface area (Å²) in [7, 11) is 0. The second kappa shape index (κ2) is 10.4. The number of anilines is 1. The van der Waals surface area contributed by atoms with Crippen LogP contribution in [0.5, 0.6) is 5.75 Å². The maximum absolute atomic E-state index is 12.6. The van der Waals surface area contributed by atoms with E-state index < -0.39 is 5.97 Å². The molecule has 7 nitrogen and oxygen atoms in total. The van der Waals surface area contributed by atoms with Crippen LogP contribution in [-0.4, -0.2) is 45.3 Å². The lowest BCUT2D eigenvalue weighted by Gasteiger charge is -2.12. The molecule has 1 fully saturated rings. The number of rotatable bonds is 8. The van der Waals surface area contributed by atoms with Gasteiger partial charge in [0.15, 0.2) is 6.61 Å². The quantitative estimate of drug-likeness (QED) is 0.438. The molecule has 2 N–H and O–H groups in total. The van der Waals surface area contributed by atoms with Gasteiger partial charge < -0.3 is 15.2 Å². The molecule has 1 heterocycles. The van der Waals surface area contributed by atoms with Gasteiger partial charge in [-0.3, -0.25) is 19.3 Å². The van der Waals surface area contributed by atoms with Gasteiger partial charge in [0.1, 0.15) is 10.1 Å². The molecule has 2 aromatic rings. The van der Waals surface area contributed by atoms with Crippen molar-refractivity contribution in [3.63, 3.8) is 0 Å². The van der Waals surface area contributed by atoms with Crippen LogP contribution in [0, 0.1) is 0 Å². The van der Waals surface area contributed by atoms with E-state index in [1.54, 1.807) is 54.6 Å². The molecule has 31 heavy (non-hydrogen) atoms. The molecular formula is C21H17ClN2O5S2. The number of carbonyl (C=O) groups excluding carboxylic acids is 2. The Balaban J connectivity index is 1.67. The molecule has 1 saturated heterocycles. The summed E-state index contributed by atoms with van der Waals surface area (Å²) >= 11 is 12.1. The highest BCUT2D eigenvalue weighted by atomic mass is 35.5. The average molecular weight is 477 g/mol. The zero-order valence-electron chi connectivity index (χ0n) is 16.0. The Morgan fingerprint density at radius 3 is 2.61 bits per heavy atom. The van der Waals surface area contributed by atoms with Crippen LogP contribution < -0.4 is 10.1 Å². The van der Waals surface area contributed by atoms with Crippen molar-refractivity contribution in [1.82, 2.24) is 4.90 Å². The van der Waals surface area contributed by atoms with Crippen molar-refractivity contribution >= 4 is 69.4 Å². The van der Waals surface area contributed by atoms with Crippen LogP contribution in [0.25, 0.3) is 6.08 Å². The first-order chi connectivity index (χ1) is 14.8. The Morgan fingerprint density at radius 1 is 1.19 bits per heavy atom. The number of hydrogen-bond donors (Lipinski definition) is 2. The fraction of sp³-hybridized carbons (Fsp3) is 0.143. The molecule has 0 aliphatic carbocycles. The smallest absolute Gasteiger partial charge is 0.305 e. The number of hydrogen-bond acceptors (Lipinski definition) is 6. The molecule has 0 aromatic heterocycles. The summed E-state index contributed by atoms with van der Waals surface area (Å²) in [4.78, 5) is 37.2. The Morgan fingerprint density at radius 2 is 1.90 bits per heavy atom. The third-order valence-electron chi connectivity index (χ3n) is 4.12. The van der Waals surface area contributed by atoms with Crippen LogP contribution in [0.15, 0.2) is 53.4 Å². The van der Waals surface area contributed by atoms with Crippen molar-refractivity contribution in [2.45, 2.75) is 6.42 Å². The predicted octanol–water partition coefficient (Wildman–Crippen LogP) is 4.03. The van der Waals surface area contributed by atoms with Crippen molar-refractivity contribution in [3.05, 3.63) is 64.0 Å². The zero-order chi connectivity index (χ0) is 22.4.